The molecule has 0 unspecified atom stereocenters. The molecule has 2 N–H and O–H groups in total. The minimum atomic E-state index is 0.0700. The minimum absolute atomic E-state index is 0.0700. The lowest BCUT2D eigenvalue weighted by molar-refractivity contribution is 0.673. The van der Waals surface area contributed by atoms with E-state index in [1.807, 2.05) is 0 Å². The summed E-state index contributed by atoms with van der Waals surface area (Å²) in [4.78, 5) is 3.84. The van der Waals surface area contributed by atoms with Crippen molar-refractivity contribution >= 4 is 17.1 Å². The van der Waals surface area contributed by atoms with Crippen molar-refractivity contribution in [3.63, 3.8) is 0 Å². The van der Waals surface area contributed by atoms with Gasteiger partial charge in [-0.2, -0.15) is 0 Å². The van der Waals surface area contributed by atoms with Gasteiger partial charge in [-0.1, -0.05) is 6.07 Å². The van der Waals surface area contributed by atoms with Crippen molar-refractivity contribution in [1.82, 2.24) is 4.98 Å². The summed E-state index contributed by atoms with van der Waals surface area (Å²) in [5.41, 5.74) is 0.495. The summed E-state index contributed by atoms with van der Waals surface area (Å²) in [6, 6.07) is 5.21. The van der Waals surface area contributed by atoms with E-state index in [-0.39, 0.29) is 5.04 Å². The topological polar surface area (TPSA) is 57.0 Å². The number of hydrogen-bond donors (Lipinski definition) is 2. The maximum atomic E-state index is 8.44. The normalized spacial score (nSPS) is 9.30. The molecule has 1 rings (SSSR count). The maximum Gasteiger partial charge on any atom is 0.140 e. The van der Waals surface area contributed by atoms with Crippen molar-refractivity contribution in [3.8, 4) is 0 Å². The zero-order valence-electron chi connectivity index (χ0n) is 5.11. The van der Waals surface area contributed by atoms with Crippen LogP contribution >= 0.6 is 12.0 Å². The van der Waals surface area contributed by atoms with Crippen molar-refractivity contribution < 1.29 is 4.55 Å². The van der Waals surface area contributed by atoms with Crippen LogP contribution in [0.25, 0.3) is 0 Å². The fourth-order valence-corrected chi connectivity index (χ4v) is 0.758. The van der Waals surface area contributed by atoms with Crippen molar-refractivity contribution in [2.75, 3.05) is 0 Å². The molecule has 10 heavy (non-hydrogen) atoms. The zero-order chi connectivity index (χ0) is 7.40. The molecule has 0 radical (unpaired) electrons. The average molecular weight is 154 g/mol. The molecule has 0 spiro atoms. The molecule has 0 aliphatic carbocycles. The van der Waals surface area contributed by atoms with Crippen molar-refractivity contribution in [3.05, 3.63) is 30.1 Å². The van der Waals surface area contributed by atoms with Gasteiger partial charge < -0.3 is 4.55 Å². The summed E-state index contributed by atoms with van der Waals surface area (Å²) < 4.78 is 8.44. The van der Waals surface area contributed by atoms with E-state index in [9.17, 15) is 0 Å². The molecule has 1 heterocycles. The summed E-state index contributed by atoms with van der Waals surface area (Å²) in [7, 11) is 0. The second-order valence-corrected chi connectivity index (χ2v) is 2.23. The van der Waals surface area contributed by atoms with E-state index < -0.39 is 0 Å². The maximum absolute atomic E-state index is 8.44. The third-order valence-corrected chi connectivity index (χ3v) is 1.38. The van der Waals surface area contributed by atoms with E-state index in [0.717, 1.165) is 0 Å². The van der Waals surface area contributed by atoms with Crippen LogP contribution in [0.2, 0.25) is 0 Å². The lowest BCUT2D eigenvalue weighted by atomic mass is 10.4. The second-order valence-electron chi connectivity index (χ2n) is 1.64. The van der Waals surface area contributed by atoms with Gasteiger partial charge in [-0.05, 0) is 12.1 Å². The Bertz CT molecular complexity index is 224. The molecule has 0 aromatic carbocycles. The second kappa shape index (κ2) is 3.34. The van der Waals surface area contributed by atoms with Crippen LogP contribution in [0.3, 0.4) is 0 Å². The standard InChI is InChI=1S/C6H6N2OS/c7-6(10-9)5-3-1-2-4-8-5/h1-4,7,9H. The van der Waals surface area contributed by atoms with Crippen LogP contribution in [0.15, 0.2) is 24.4 Å². The fourth-order valence-electron chi connectivity index (χ4n) is 0.544. The Balaban J connectivity index is 2.85. The van der Waals surface area contributed by atoms with E-state index in [2.05, 4.69) is 4.98 Å². The predicted octanol–water partition coefficient (Wildman–Crippen LogP) is 1.61. The molecular weight excluding hydrogens is 148 g/mol. The summed E-state index contributed by atoms with van der Waals surface area (Å²) in [6.45, 7) is 0. The Morgan fingerprint density at radius 1 is 1.60 bits per heavy atom. The van der Waals surface area contributed by atoms with Crippen molar-refractivity contribution in [2.24, 2.45) is 0 Å². The largest absolute Gasteiger partial charge is 0.324 e. The monoisotopic (exact) mass is 154 g/mol. The quantitative estimate of drug-likeness (QED) is 0.367. The van der Waals surface area contributed by atoms with Crippen LogP contribution < -0.4 is 0 Å². The van der Waals surface area contributed by atoms with Gasteiger partial charge >= 0.3 is 0 Å². The lowest BCUT2D eigenvalue weighted by Crippen LogP contribution is -1.94. The molecule has 0 fully saturated rings. The zero-order valence-corrected chi connectivity index (χ0v) is 5.93. The van der Waals surface area contributed by atoms with Gasteiger partial charge in [0.2, 0.25) is 0 Å². The SMILES string of the molecule is N=C(SO)c1ccccn1. The number of pyridine rings is 1. The Labute approximate surface area is 62.8 Å². The third kappa shape index (κ3) is 1.55. The molecule has 0 atom stereocenters. The van der Waals surface area contributed by atoms with Crippen LogP contribution in [-0.4, -0.2) is 14.6 Å². The first-order valence-electron chi connectivity index (χ1n) is 2.66. The van der Waals surface area contributed by atoms with Gasteiger partial charge in [-0.15, -0.1) is 0 Å². The van der Waals surface area contributed by atoms with Gasteiger partial charge in [0.05, 0.1) is 5.69 Å². The number of rotatable bonds is 1. The van der Waals surface area contributed by atoms with Crippen LogP contribution in [0.1, 0.15) is 5.69 Å². The number of nitrogens with zero attached hydrogens (tertiary/aromatic N) is 1. The Kier molecular flexibility index (Phi) is 2.42. The van der Waals surface area contributed by atoms with E-state index in [1.165, 1.54) is 0 Å². The first kappa shape index (κ1) is 7.24. The van der Waals surface area contributed by atoms with Crippen molar-refractivity contribution in [2.45, 2.75) is 0 Å². The molecule has 3 nitrogen and oxygen atoms in total. The third-order valence-electron chi connectivity index (χ3n) is 0.989. The summed E-state index contributed by atoms with van der Waals surface area (Å²) in [5.74, 6) is 0. The molecule has 0 saturated heterocycles. The van der Waals surface area contributed by atoms with E-state index in [1.54, 1.807) is 24.4 Å². The predicted molar refractivity (Wildman–Crippen MR) is 41.3 cm³/mol. The fraction of sp³-hybridized carbons (Fsp3) is 0. The highest BCUT2D eigenvalue weighted by Crippen LogP contribution is 2.03. The molecule has 0 aliphatic rings. The average Bonchev–Trinajstić information content (AvgIpc) is 2.05. The summed E-state index contributed by atoms with van der Waals surface area (Å²) in [6.07, 6.45) is 1.58. The first-order valence-corrected chi connectivity index (χ1v) is 3.43. The molecule has 0 saturated carbocycles. The van der Waals surface area contributed by atoms with E-state index in [0.29, 0.717) is 17.7 Å². The summed E-state index contributed by atoms with van der Waals surface area (Å²) in [5, 5.41) is 7.20. The van der Waals surface area contributed by atoms with Gasteiger partial charge in [-0.25, -0.2) is 0 Å². The van der Waals surface area contributed by atoms with Crippen molar-refractivity contribution in [1.29, 1.82) is 5.41 Å². The highest BCUT2D eigenvalue weighted by atomic mass is 32.2. The van der Waals surface area contributed by atoms with Gasteiger partial charge in [0.1, 0.15) is 5.04 Å². The molecule has 4 heteroatoms. The van der Waals surface area contributed by atoms with Crippen LogP contribution in [-0.2, 0) is 0 Å². The Morgan fingerprint density at radius 3 is 2.90 bits per heavy atom. The van der Waals surface area contributed by atoms with Gasteiger partial charge in [0.25, 0.3) is 0 Å². The minimum Gasteiger partial charge on any atom is -0.324 e. The van der Waals surface area contributed by atoms with Gasteiger partial charge in [0.15, 0.2) is 0 Å². The molecule has 1 aromatic rings. The van der Waals surface area contributed by atoms with Crippen LogP contribution in [0, 0.1) is 5.41 Å². The smallest absolute Gasteiger partial charge is 0.140 e. The lowest BCUT2D eigenvalue weighted by Gasteiger charge is -1.94. The highest BCUT2D eigenvalue weighted by Gasteiger charge is 1.98. The number of hydrogen-bond acceptors (Lipinski definition) is 4. The molecule has 1 aromatic heterocycles. The molecular formula is C6H6N2OS. The molecule has 52 valence electrons. The number of nitrogens with one attached hydrogen (secondary N) is 1. The number of aromatic nitrogens is 1. The van der Waals surface area contributed by atoms with Gasteiger partial charge in [0, 0.05) is 18.2 Å². The molecule has 0 bridgehead atoms. The molecule has 0 aliphatic heterocycles. The first-order chi connectivity index (χ1) is 4.84. The van der Waals surface area contributed by atoms with Crippen LogP contribution in [0.5, 0.6) is 0 Å². The van der Waals surface area contributed by atoms with E-state index >= 15 is 0 Å². The molecule has 0 amide bonds. The van der Waals surface area contributed by atoms with Crippen LogP contribution in [0.4, 0.5) is 0 Å². The van der Waals surface area contributed by atoms with E-state index in [4.69, 9.17) is 9.96 Å². The highest BCUT2D eigenvalue weighted by molar-refractivity contribution is 8.09. The Hall–Kier alpha value is -0.870. The summed E-state index contributed by atoms with van der Waals surface area (Å²) >= 11 is 0.399. The Morgan fingerprint density at radius 2 is 2.40 bits per heavy atom. The van der Waals surface area contributed by atoms with Gasteiger partial charge in [-0.3, -0.25) is 10.4 Å².